The Morgan fingerprint density at radius 1 is 1.13 bits per heavy atom. The highest BCUT2D eigenvalue weighted by Crippen LogP contribution is 2.24. The van der Waals surface area contributed by atoms with E-state index in [1.807, 2.05) is 0 Å². The topological polar surface area (TPSA) is 75.6 Å². The van der Waals surface area contributed by atoms with E-state index in [9.17, 15) is 13.5 Å². The zero-order valence-electron chi connectivity index (χ0n) is 13.2. The third-order valence-electron chi connectivity index (χ3n) is 3.36. The van der Waals surface area contributed by atoms with Crippen molar-refractivity contribution >= 4 is 15.7 Å². The lowest BCUT2D eigenvalue weighted by molar-refractivity contribution is 0.309. The molecular formula is C17H21NO4S. The van der Waals surface area contributed by atoms with Gasteiger partial charge in [0.15, 0.2) is 0 Å². The van der Waals surface area contributed by atoms with Crippen molar-refractivity contribution < 1.29 is 18.3 Å². The number of phenolic OH excluding ortho intramolecular Hbond substituents is 1. The summed E-state index contributed by atoms with van der Waals surface area (Å²) in [5, 5.41) is 9.66. The molecule has 0 aliphatic rings. The van der Waals surface area contributed by atoms with Crippen molar-refractivity contribution in [2.24, 2.45) is 0 Å². The van der Waals surface area contributed by atoms with Crippen LogP contribution in [-0.2, 0) is 10.0 Å². The summed E-state index contributed by atoms with van der Waals surface area (Å²) in [4.78, 5) is 0.139. The number of ether oxygens (including phenoxy) is 1. The quantitative estimate of drug-likeness (QED) is 0.757. The summed E-state index contributed by atoms with van der Waals surface area (Å²) in [6, 6.07) is 10.9. The second kappa shape index (κ2) is 7.37. The van der Waals surface area contributed by atoms with Gasteiger partial charge in [-0.25, -0.2) is 8.42 Å². The van der Waals surface area contributed by atoms with Gasteiger partial charge < -0.3 is 9.84 Å². The minimum absolute atomic E-state index is 0.0462. The number of phenols is 1. The van der Waals surface area contributed by atoms with Crippen molar-refractivity contribution in [3.8, 4) is 11.5 Å². The molecule has 0 aliphatic heterocycles. The van der Waals surface area contributed by atoms with Gasteiger partial charge in [-0.15, -0.1) is 0 Å². The third-order valence-corrected chi connectivity index (χ3v) is 4.76. The lowest BCUT2D eigenvalue weighted by Crippen LogP contribution is -2.12. The number of benzene rings is 2. The number of anilines is 1. The molecule has 2 aromatic carbocycles. The lowest BCUT2D eigenvalue weighted by Gasteiger charge is -2.10. The van der Waals surface area contributed by atoms with Crippen molar-refractivity contribution in [2.45, 2.75) is 31.6 Å². The summed E-state index contributed by atoms with van der Waals surface area (Å²) >= 11 is 0. The van der Waals surface area contributed by atoms with Crippen LogP contribution in [0.5, 0.6) is 11.5 Å². The van der Waals surface area contributed by atoms with Crippen LogP contribution in [0.2, 0.25) is 0 Å². The molecule has 2 rings (SSSR count). The van der Waals surface area contributed by atoms with Crippen LogP contribution in [0.25, 0.3) is 0 Å². The zero-order valence-corrected chi connectivity index (χ0v) is 14.1. The first-order valence-corrected chi connectivity index (χ1v) is 8.96. The first kappa shape index (κ1) is 17.1. The molecule has 0 unspecified atom stereocenters. The summed E-state index contributed by atoms with van der Waals surface area (Å²) in [5.74, 6) is 0.690. The highest BCUT2D eigenvalue weighted by Gasteiger charge is 2.14. The Kier molecular flexibility index (Phi) is 5.50. The Labute approximate surface area is 137 Å². The van der Waals surface area contributed by atoms with Gasteiger partial charge in [-0.3, -0.25) is 4.72 Å². The molecule has 2 N–H and O–H groups in total. The minimum atomic E-state index is -3.70. The summed E-state index contributed by atoms with van der Waals surface area (Å²) < 4.78 is 32.6. The first-order chi connectivity index (χ1) is 10.9. The van der Waals surface area contributed by atoms with E-state index in [0.29, 0.717) is 23.6 Å². The third kappa shape index (κ3) is 4.63. The molecule has 0 heterocycles. The van der Waals surface area contributed by atoms with E-state index in [1.165, 1.54) is 18.2 Å². The van der Waals surface area contributed by atoms with Gasteiger partial charge in [0, 0.05) is 6.07 Å². The lowest BCUT2D eigenvalue weighted by atomic mass is 10.2. The van der Waals surface area contributed by atoms with Crippen molar-refractivity contribution in [3.05, 3.63) is 48.0 Å². The molecule has 0 amide bonds. The Hall–Kier alpha value is -2.21. The second-order valence-corrected chi connectivity index (χ2v) is 6.96. The first-order valence-electron chi connectivity index (χ1n) is 7.47. The summed E-state index contributed by atoms with van der Waals surface area (Å²) in [5.41, 5.74) is 0.998. The number of unbranched alkanes of at least 4 members (excludes halogenated alkanes) is 1. The molecule has 0 saturated heterocycles. The summed E-state index contributed by atoms with van der Waals surface area (Å²) in [6.07, 6.45) is 2.00. The molecule has 124 valence electrons. The maximum Gasteiger partial charge on any atom is 0.261 e. The predicted molar refractivity (Wildman–Crippen MR) is 90.5 cm³/mol. The van der Waals surface area contributed by atoms with Crippen LogP contribution >= 0.6 is 0 Å². The van der Waals surface area contributed by atoms with Crippen LogP contribution in [0.1, 0.15) is 25.3 Å². The van der Waals surface area contributed by atoms with Crippen LogP contribution in [0.4, 0.5) is 5.69 Å². The molecule has 0 radical (unpaired) electrons. The number of hydrogen-bond acceptors (Lipinski definition) is 4. The number of rotatable bonds is 7. The molecule has 0 bridgehead atoms. The predicted octanol–water partition coefficient (Wildman–Crippen LogP) is 3.68. The molecule has 0 saturated carbocycles. The molecule has 0 atom stereocenters. The minimum Gasteiger partial charge on any atom is -0.508 e. The molecule has 2 aromatic rings. The van der Waals surface area contributed by atoms with E-state index in [4.69, 9.17) is 4.74 Å². The van der Waals surface area contributed by atoms with E-state index < -0.39 is 10.0 Å². The fourth-order valence-corrected chi connectivity index (χ4v) is 2.99. The Balaban J connectivity index is 2.11. The van der Waals surface area contributed by atoms with Gasteiger partial charge in [-0.05, 0) is 49.2 Å². The molecule has 0 aromatic heterocycles. The SMILES string of the molecule is CCCCOc1ccc(S(=O)(=O)Nc2ccc(C)c(O)c2)cc1. The largest absolute Gasteiger partial charge is 0.508 e. The van der Waals surface area contributed by atoms with Gasteiger partial charge >= 0.3 is 0 Å². The van der Waals surface area contributed by atoms with Gasteiger partial charge in [-0.1, -0.05) is 19.4 Å². The van der Waals surface area contributed by atoms with Crippen molar-refractivity contribution in [1.29, 1.82) is 0 Å². The van der Waals surface area contributed by atoms with Gasteiger partial charge in [0.05, 0.1) is 17.2 Å². The van der Waals surface area contributed by atoms with Gasteiger partial charge in [0.1, 0.15) is 11.5 Å². The fourth-order valence-electron chi connectivity index (χ4n) is 1.94. The van der Waals surface area contributed by atoms with Crippen LogP contribution in [0, 0.1) is 6.92 Å². The van der Waals surface area contributed by atoms with Crippen molar-refractivity contribution in [2.75, 3.05) is 11.3 Å². The van der Waals surface area contributed by atoms with E-state index in [1.54, 1.807) is 31.2 Å². The number of aromatic hydroxyl groups is 1. The summed E-state index contributed by atoms with van der Waals surface area (Å²) in [7, 11) is -3.70. The Morgan fingerprint density at radius 3 is 2.43 bits per heavy atom. The maximum atomic E-state index is 12.3. The molecule has 23 heavy (non-hydrogen) atoms. The number of aryl methyl sites for hydroxylation is 1. The molecule has 0 spiro atoms. The van der Waals surface area contributed by atoms with Gasteiger partial charge in [0.25, 0.3) is 10.0 Å². The van der Waals surface area contributed by atoms with Crippen LogP contribution in [0.15, 0.2) is 47.4 Å². The van der Waals surface area contributed by atoms with Crippen LogP contribution in [0.3, 0.4) is 0 Å². The van der Waals surface area contributed by atoms with E-state index in [0.717, 1.165) is 12.8 Å². The second-order valence-electron chi connectivity index (χ2n) is 5.28. The number of nitrogens with one attached hydrogen (secondary N) is 1. The van der Waals surface area contributed by atoms with E-state index >= 15 is 0 Å². The van der Waals surface area contributed by atoms with Gasteiger partial charge in [0.2, 0.25) is 0 Å². The molecule has 6 heteroatoms. The number of sulfonamides is 1. The molecule has 0 aliphatic carbocycles. The van der Waals surface area contributed by atoms with E-state index in [-0.39, 0.29) is 10.6 Å². The molecule has 5 nitrogen and oxygen atoms in total. The molecular weight excluding hydrogens is 314 g/mol. The van der Waals surface area contributed by atoms with Crippen LogP contribution < -0.4 is 9.46 Å². The Morgan fingerprint density at radius 2 is 1.83 bits per heavy atom. The normalized spacial score (nSPS) is 11.2. The van der Waals surface area contributed by atoms with Gasteiger partial charge in [-0.2, -0.15) is 0 Å². The average molecular weight is 335 g/mol. The van der Waals surface area contributed by atoms with Crippen molar-refractivity contribution in [3.63, 3.8) is 0 Å². The van der Waals surface area contributed by atoms with Crippen molar-refractivity contribution in [1.82, 2.24) is 0 Å². The fraction of sp³-hybridized carbons (Fsp3) is 0.294. The van der Waals surface area contributed by atoms with Crippen LogP contribution in [-0.4, -0.2) is 20.1 Å². The monoisotopic (exact) mass is 335 g/mol. The number of hydrogen-bond donors (Lipinski definition) is 2. The molecule has 0 fully saturated rings. The standard InChI is InChI=1S/C17H21NO4S/c1-3-4-11-22-15-7-9-16(10-8-15)23(20,21)18-14-6-5-13(2)17(19)12-14/h5-10,12,18-19H,3-4,11H2,1-2H3. The summed E-state index contributed by atoms with van der Waals surface area (Å²) in [6.45, 7) is 4.43. The maximum absolute atomic E-state index is 12.3. The highest BCUT2D eigenvalue weighted by atomic mass is 32.2. The Bertz CT molecular complexity index is 755. The zero-order chi connectivity index (χ0) is 16.9. The van der Waals surface area contributed by atoms with E-state index in [2.05, 4.69) is 11.6 Å². The highest BCUT2D eigenvalue weighted by molar-refractivity contribution is 7.92. The smallest absolute Gasteiger partial charge is 0.261 e. The average Bonchev–Trinajstić information content (AvgIpc) is 2.51.